The molecule has 2 rings (SSSR count). The van der Waals surface area contributed by atoms with Gasteiger partial charge in [0.05, 0.1) is 12.6 Å². The lowest BCUT2D eigenvalue weighted by Gasteiger charge is -2.32. The Balaban J connectivity index is 1.93. The number of rotatable bonds is 5. The second-order valence-corrected chi connectivity index (χ2v) is 6.08. The Morgan fingerprint density at radius 2 is 2.09 bits per heavy atom. The minimum atomic E-state index is -0.0288. The second kappa shape index (κ2) is 8.06. The molecule has 1 aliphatic carbocycles. The molecule has 22 heavy (non-hydrogen) atoms. The first-order chi connectivity index (χ1) is 10.6. The van der Waals surface area contributed by atoms with Crippen LogP contribution in [0.1, 0.15) is 57.6 Å². The van der Waals surface area contributed by atoms with E-state index < -0.39 is 0 Å². The van der Waals surface area contributed by atoms with Gasteiger partial charge in [-0.1, -0.05) is 31.4 Å². The third kappa shape index (κ3) is 4.39. The fourth-order valence-corrected chi connectivity index (χ4v) is 3.04. The molecule has 1 fully saturated rings. The van der Waals surface area contributed by atoms with Gasteiger partial charge in [0.1, 0.15) is 5.75 Å². The molecule has 0 heterocycles. The number of benzene rings is 1. The van der Waals surface area contributed by atoms with Crippen LogP contribution in [0.4, 0.5) is 4.79 Å². The smallest absolute Gasteiger partial charge is 0.317 e. The molecular weight excluding hydrogens is 276 g/mol. The number of nitrogens with one attached hydrogen (secondary N) is 1. The van der Waals surface area contributed by atoms with Crippen LogP contribution in [0.5, 0.6) is 5.75 Å². The van der Waals surface area contributed by atoms with Crippen LogP contribution in [0.25, 0.3) is 0 Å². The number of nitrogens with zero attached hydrogens (tertiary/aromatic N) is 1. The Bertz CT molecular complexity index is 484. The molecule has 1 atom stereocenters. The zero-order valence-electron chi connectivity index (χ0n) is 14.0. The van der Waals surface area contributed by atoms with Crippen molar-refractivity contribution in [1.82, 2.24) is 10.2 Å². The molecule has 1 saturated carbocycles. The maximum Gasteiger partial charge on any atom is 0.317 e. The number of carbonyl (C=O) groups is 1. The predicted molar refractivity (Wildman–Crippen MR) is 89.2 cm³/mol. The summed E-state index contributed by atoms with van der Waals surface area (Å²) in [4.78, 5) is 14.3. The molecule has 0 bridgehead atoms. The van der Waals surface area contributed by atoms with Gasteiger partial charge >= 0.3 is 6.03 Å². The molecule has 4 heteroatoms. The van der Waals surface area contributed by atoms with Gasteiger partial charge in [-0.05, 0) is 44.4 Å². The minimum absolute atomic E-state index is 0.0150. The number of amides is 2. The van der Waals surface area contributed by atoms with E-state index in [0.29, 0.717) is 12.6 Å². The molecule has 122 valence electrons. The second-order valence-electron chi connectivity index (χ2n) is 6.08. The Kier molecular flexibility index (Phi) is 6.10. The quantitative estimate of drug-likeness (QED) is 0.889. The summed E-state index contributed by atoms with van der Waals surface area (Å²) in [5.74, 6) is 0.849. The van der Waals surface area contributed by atoms with Crippen molar-refractivity contribution in [3.05, 3.63) is 29.8 Å². The molecule has 0 spiro atoms. The van der Waals surface area contributed by atoms with Crippen molar-refractivity contribution < 1.29 is 9.53 Å². The van der Waals surface area contributed by atoms with Crippen molar-refractivity contribution >= 4 is 6.03 Å². The molecule has 0 aliphatic heterocycles. The van der Waals surface area contributed by atoms with E-state index in [0.717, 1.165) is 24.2 Å². The van der Waals surface area contributed by atoms with Gasteiger partial charge in [-0.25, -0.2) is 4.79 Å². The zero-order chi connectivity index (χ0) is 15.9. The van der Waals surface area contributed by atoms with E-state index in [1.54, 1.807) is 0 Å². The molecule has 4 nitrogen and oxygen atoms in total. The molecule has 1 aromatic carbocycles. The van der Waals surface area contributed by atoms with Crippen LogP contribution in [0.15, 0.2) is 24.3 Å². The minimum Gasteiger partial charge on any atom is -0.494 e. The third-order valence-electron chi connectivity index (χ3n) is 4.45. The van der Waals surface area contributed by atoms with Crippen molar-refractivity contribution in [2.45, 2.75) is 58.0 Å². The molecule has 1 N–H and O–H groups in total. The van der Waals surface area contributed by atoms with Crippen LogP contribution in [0, 0.1) is 0 Å². The van der Waals surface area contributed by atoms with Crippen LogP contribution in [-0.4, -0.2) is 30.6 Å². The normalized spacial score (nSPS) is 16.9. The summed E-state index contributed by atoms with van der Waals surface area (Å²) in [5, 5.41) is 3.09. The summed E-state index contributed by atoms with van der Waals surface area (Å²) in [7, 11) is 1.91. The van der Waals surface area contributed by atoms with E-state index in [-0.39, 0.29) is 12.1 Å². The molecule has 0 saturated heterocycles. The predicted octanol–water partition coefficient (Wildman–Crippen LogP) is 4.12. The van der Waals surface area contributed by atoms with Gasteiger partial charge in [-0.3, -0.25) is 0 Å². The van der Waals surface area contributed by atoms with Gasteiger partial charge in [0.2, 0.25) is 0 Å². The summed E-state index contributed by atoms with van der Waals surface area (Å²) in [5.41, 5.74) is 1.07. The number of hydrogen-bond donors (Lipinski definition) is 1. The highest BCUT2D eigenvalue weighted by Gasteiger charge is 2.23. The van der Waals surface area contributed by atoms with E-state index >= 15 is 0 Å². The number of urea groups is 1. The van der Waals surface area contributed by atoms with Gasteiger partial charge in [0, 0.05) is 13.1 Å². The van der Waals surface area contributed by atoms with E-state index in [4.69, 9.17) is 4.74 Å². The summed E-state index contributed by atoms with van der Waals surface area (Å²) in [6.45, 7) is 4.63. The first kappa shape index (κ1) is 16.7. The highest BCUT2D eigenvalue weighted by molar-refractivity contribution is 5.74. The topological polar surface area (TPSA) is 41.6 Å². The van der Waals surface area contributed by atoms with Crippen LogP contribution in [-0.2, 0) is 0 Å². The molecule has 0 radical (unpaired) electrons. The molecule has 0 aromatic heterocycles. The van der Waals surface area contributed by atoms with Gasteiger partial charge in [-0.2, -0.15) is 0 Å². The van der Waals surface area contributed by atoms with Gasteiger partial charge in [-0.15, -0.1) is 0 Å². The highest BCUT2D eigenvalue weighted by Crippen LogP contribution is 2.23. The maximum atomic E-state index is 12.4. The molecule has 1 unspecified atom stereocenters. The highest BCUT2D eigenvalue weighted by atomic mass is 16.5. The van der Waals surface area contributed by atoms with Gasteiger partial charge < -0.3 is 15.0 Å². The fourth-order valence-electron chi connectivity index (χ4n) is 3.04. The van der Waals surface area contributed by atoms with E-state index in [1.165, 1.54) is 19.3 Å². The Morgan fingerprint density at radius 1 is 1.36 bits per heavy atom. The van der Waals surface area contributed by atoms with Crippen LogP contribution in [0.3, 0.4) is 0 Å². The van der Waals surface area contributed by atoms with E-state index in [1.807, 2.05) is 50.1 Å². The zero-order valence-corrected chi connectivity index (χ0v) is 14.0. The Morgan fingerprint density at radius 3 is 2.77 bits per heavy atom. The van der Waals surface area contributed by atoms with E-state index in [9.17, 15) is 4.79 Å². The average molecular weight is 304 g/mol. The first-order valence-electron chi connectivity index (χ1n) is 8.38. The summed E-state index contributed by atoms with van der Waals surface area (Å²) >= 11 is 0. The van der Waals surface area contributed by atoms with Gasteiger partial charge in [0.25, 0.3) is 0 Å². The van der Waals surface area contributed by atoms with Crippen LogP contribution >= 0.6 is 0 Å². The van der Waals surface area contributed by atoms with Gasteiger partial charge in [0.15, 0.2) is 0 Å². The SMILES string of the molecule is CCOc1cccc(C(C)NC(=O)N(C)C2CCCCC2)c1. The standard InChI is InChI=1S/C18H28N2O2/c1-4-22-17-12-8-9-15(13-17)14(2)19-18(21)20(3)16-10-6-5-7-11-16/h8-9,12-14,16H,4-7,10-11H2,1-3H3,(H,19,21). The Hall–Kier alpha value is -1.71. The molecule has 1 aliphatic rings. The van der Waals surface area contributed by atoms with Crippen molar-refractivity contribution in [3.63, 3.8) is 0 Å². The van der Waals surface area contributed by atoms with Crippen molar-refractivity contribution in [2.75, 3.05) is 13.7 Å². The molecule has 2 amide bonds. The van der Waals surface area contributed by atoms with Crippen molar-refractivity contribution in [3.8, 4) is 5.75 Å². The fraction of sp³-hybridized carbons (Fsp3) is 0.611. The Labute approximate surface area is 133 Å². The number of ether oxygens (including phenoxy) is 1. The maximum absolute atomic E-state index is 12.4. The van der Waals surface area contributed by atoms with Crippen LogP contribution in [0.2, 0.25) is 0 Å². The van der Waals surface area contributed by atoms with Crippen LogP contribution < -0.4 is 10.1 Å². The monoisotopic (exact) mass is 304 g/mol. The molecular formula is C18H28N2O2. The summed E-state index contributed by atoms with van der Waals surface area (Å²) in [6, 6.07) is 8.29. The third-order valence-corrected chi connectivity index (χ3v) is 4.45. The average Bonchev–Trinajstić information content (AvgIpc) is 2.55. The molecule has 1 aromatic rings. The van der Waals surface area contributed by atoms with Crippen molar-refractivity contribution in [2.24, 2.45) is 0 Å². The van der Waals surface area contributed by atoms with E-state index in [2.05, 4.69) is 5.32 Å². The summed E-state index contributed by atoms with van der Waals surface area (Å²) in [6.07, 6.45) is 6.01. The lowest BCUT2D eigenvalue weighted by Crippen LogP contribution is -2.45. The largest absolute Gasteiger partial charge is 0.494 e. The van der Waals surface area contributed by atoms with Crippen molar-refractivity contribution in [1.29, 1.82) is 0 Å². The lowest BCUT2D eigenvalue weighted by molar-refractivity contribution is 0.171. The number of hydrogen-bond acceptors (Lipinski definition) is 2. The summed E-state index contributed by atoms with van der Waals surface area (Å²) < 4.78 is 5.52. The first-order valence-corrected chi connectivity index (χ1v) is 8.38. The lowest BCUT2D eigenvalue weighted by atomic mass is 9.95. The number of carbonyl (C=O) groups excluding carboxylic acids is 1.